The van der Waals surface area contributed by atoms with E-state index in [1.165, 1.54) is 0 Å². The molecule has 20 heavy (non-hydrogen) atoms. The number of amides is 1. The van der Waals surface area contributed by atoms with E-state index in [2.05, 4.69) is 5.32 Å². The van der Waals surface area contributed by atoms with Gasteiger partial charge in [-0.05, 0) is 38.0 Å². The Labute approximate surface area is 114 Å². The van der Waals surface area contributed by atoms with Crippen LogP contribution < -0.4 is 11.1 Å². The molecule has 1 atom stereocenters. The maximum absolute atomic E-state index is 12.5. The predicted octanol–water partition coefficient (Wildman–Crippen LogP) is 2.80. The summed E-state index contributed by atoms with van der Waals surface area (Å²) in [7, 11) is 0. The van der Waals surface area contributed by atoms with Crippen LogP contribution in [0.15, 0.2) is 18.2 Å². The number of carbonyl (C=O) groups is 1. The number of ether oxygens (including phenoxy) is 1. The van der Waals surface area contributed by atoms with Crippen LogP contribution in [-0.4, -0.2) is 18.1 Å². The van der Waals surface area contributed by atoms with Crippen LogP contribution in [0, 0.1) is 0 Å². The molecule has 0 saturated carbocycles. The highest BCUT2D eigenvalue weighted by atomic mass is 19.4. The Bertz CT molecular complexity index is 523. The van der Waals surface area contributed by atoms with Crippen LogP contribution in [0.3, 0.4) is 0 Å². The molecule has 0 aromatic heterocycles. The minimum absolute atomic E-state index is 0.130. The van der Waals surface area contributed by atoms with E-state index in [1.807, 2.05) is 0 Å². The molecule has 1 aliphatic heterocycles. The van der Waals surface area contributed by atoms with Crippen LogP contribution in [0.5, 0.6) is 0 Å². The lowest BCUT2D eigenvalue weighted by molar-refractivity contribution is -0.137. The highest BCUT2D eigenvalue weighted by Crippen LogP contribution is 2.33. The summed E-state index contributed by atoms with van der Waals surface area (Å²) < 4.78 is 42.9. The molecule has 1 amide bonds. The molecule has 3 N–H and O–H groups in total. The lowest BCUT2D eigenvalue weighted by atomic mass is 10.0. The maximum Gasteiger partial charge on any atom is 0.416 e. The molecule has 0 radical (unpaired) electrons. The average Bonchev–Trinajstić information content (AvgIpc) is 2.78. The van der Waals surface area contributed by atoms with E-state index in [0.29, 0.717) is 13.0 Å². The monoisotopic (exact) mass is 288 g/mol. The van der Waals surface area contributed by atoms with Gasteiger partial charge in [-0.1, -0.05) is 0 Å². The number of hydrogen-bond acceptors (Lipinski definition) is 3. The van der Waals surface area contributed by atoms with Crippen molar-refractivity contribution in [1.82, 2.24) is 0 Å². The second-order valence-electron chi connectivity index (χ2n) is 4.94. The van der Waals surface area contributed by atoms with E-state index >= 15 is 0 Å². The van der Waals surface area contributed by atoms with Crippen molar-refractivity contribution >= 4 is 17.3 Å². The fraction of sp³-hybridized carbons (Fsp3) is 0.462. The summed E-state index contributed by atoms with van der Waals surface area (Å²) in [5, 5.41) is 2.52. The molecule has 1 aromatic rings. The molecule has 1 saturated heterocycles. The lowest BCUT2D eigenvalue weighted by Gasteiger charge is -2.22. The highest BCUT2D eigenvalue weighted by molar-refractivity contribution is 5.99. The molecule has 7 heteroatoms. The zero-order chi connectivity index (χ0) is 15.0. The van der Waals surface area contributed by atoms with Crippen molar-refractivity contribution in [3.63, 3.8) is 0 Å². The highest BCUT2D eigenvalue weighted by Gasteiger charge is 2.38. The number of carbonyl (C=O) groups excluding carboxylic acids is 1. The SMILES string of the molecule is CC1(C(=O)Nc2ccc(C(F)(F)F)cc2N)CCCO1. The Kier molecular flexibility index (Phi) is 3.64. The van der Waals surface area contributed by atoms with Gasteiger partial charge in [0.15, 0.2) is 0 Å². The third-order valence-corrected chi connectivity index (χ3v) is 3.33. The van der Waals surface area contributed by atoms with Gasteiger partial charge >= 0.3 is 6.18 Å². The first kappa shape index (κ1) is 14.6. The molecule has 1 aliphatic rings. The Balaban J connectivity index is 2.16. The van der Waals surface area contributed by atoms with E-state index in [0.717, 1.165) is 24.6 Å². The number of hydrogen-bond donors (Lipinski definition) is 2. The summed E-state index contributed by atoms with van der Waals surface area (Å²) in [6.07, 6.45) is -3.12. The maximum atomic E-state index is 12.5. The van der Waals surface area contributed by atoms with Crippen molar-refractivity contribution in [3.05, 3.63) is 23.8 Å². The van der Waals surface area contributed by atoms with Crippen molar-refractivity contribution in [2.45, 2.75) is 31.5 Å². The van der Waals surface area contributed by atoms with Crippen LogP contribution in [0.1, 0.15) is 25.3 Å². The summed E-state index contributed by atoms with van der Waals surface area (Å²) in [4.78, 5) is 12.1. The van der Waals surface area contributed by atoms with Crippen molar-refractivity contribution in [2.24, 2.45) is 0 Å². The van der Waals surface area contributed by atoms with E-state index in [1.54, 1.807) is 6.92 Å². The first-order chi connectivity index (χ1) is 9.22. The van der Waals surface area contributed by atoms with Gasteiger partial charge in [0.25, 0.3) is 5.91 Å². The third kappa shape index (κ3) is 2.87. The van der Waals surface area contributed by atoms with Crippen molar-refractivity contribution in [3.8, 4) is 0 Å². The predicted molar refractivity (Wildman–Crippen MR) is 68.1 cm³/mol. The average molecular weight is 288 g/mol. The number of benzene rings is 1. The Hall–Kier alpha value is -1.76. The molecular formula is C13H15F3N2O2. The number of nitrogen functional groups attached to an aromatic ring is 1. The first-order valence-corrected chi connectivity index (χ1v) is 6.14. The summed E-state index contributed by atoms with van der Waals surface area (Å²) >= 11 is 0. The van der Waals surface area contributed by atoms with Crippen molar-refractivity contribution in [2.75, 3.05) is 17.7 Å². The molecule has 1 fully saturated rings. The molecule has 0 aliphatic carbocycles. The minimum Gasteiger partial charge on any atom is -0.397 e. The number of anilines is 2. The van der Waals surface area contributed by atoms with Gasteiger partial charge in [0.05, 0.1) is 16.9 Å². The zero-order valence-corrected chi connectivity index (χ0v) is 10.9. The van der Waals surface area contributed by atoms with Crippen LogP contribution in [0.25, 0.3) is 0 Å². The fourth-order valence-electron chi connectivity index (χ4n) is 2.07. The summed E-state index contributed by atoms with van der Waals surface area (Å²) in [5.41, 5.74) is 3.78. The van der Waals surface area contributed by atoms with Gasteiger partial charge in [-0.3, -0.25) is 4.79 Å². The molecular weight excluding hydrogens is 273 g/mol. The Morgan fingerprint density at radius 2 is 2.15 bits per heavy atom. The largest absolute Gasteiger partial charge is 0.416 e. The smallest absolute Gasteiger partial charge is 0.397 e. The van der Waals surface area contributed by atoms with Crippen molar-refractivity contribution in [1.29, 1.82) is 0 Å². The molecule has 110 valence electrons. The molecule has 1 aromatic carbocycles. The van der Waals surface area contributed by atoms with E-state index in [9.17, 15) is 18.0 Å². The van der Waals surface area contributed by atoms with Gasteiger partial charge < -0.3 is 15.8 Å². The number of alkyl halides is 3. The number of nitrogens with two attached hydrogens (primary N) is 1. The first-order valence-electron chi connectivity index (χ1n) is 6.14. The lowest BCUT2D eigenvalue weighted by Crippen LogP contribution is -2.39. The van der Waals surface area contributed by atoms with Crippen LogP contribution in [0.4, 0.5) is 24.5 Å². The molecule has 0 spiro atoms. The van der Waals surface area contributed by atoms with Crippen molar-refractivity contribution < 1.29 is 22.7 Å². The molecule has 1 unspecified atom stereocenters. The van der Waals surface area contributed by atoms with E-state index in [4.69, 9.17) is 10.5 Å². The molecule has 0 bridgehead atoms. The Morgan fingerprint density at radius 3 is 2.65 bits per heavy atom. The van der Waals surface area contributed by atoms with Crippen LogP contribution in [0.2, 0.25) is 0 Å². The van der Waals surface area contributed by atoms with Gasteiger partial charge in [0.2, 0.25) is 0 Å². The fourth-order valence-corrected chi connectivity index (χ4v) is 2.07. The number of rotatable bonds is 2. The summed E-state index contributed by atoms with van der Waals surface area (Å²) in [5.74, 6) is -0.401. The van der Waals surface area contributed by atoms with E-state index < -0.39 is 23.2 Å². The van der Waals surface area contributed by atoms with Gasteiger partial charge in [0.1, 0.15) is 5.60 Å². The zero-order valence-electron chi connectivity index (χ0n) is 10.9. The van der Waals surface area contributed by atoms with Gasteiger partial charge in [0, 0.05) is 6.61 Å². The second-order valence-corrected chi connectivity index (χ2v) is 4.94. The second kappa shape index (κ2) is 4.97. The molecule has 1 heterocycles. The normalized spacial score (nSPS) is 22.8. The Morgan fingerprint density at radius 1 is 1.45 bits per heavy atom. The van der Waals surface area contributed by atoms with Gasteiger partial charge in [-0.25, -0.2) is 0 Å². The van der Waals surface area contributed by atoms with Gasteiger partial charge in [-0.2, -0.15) is 13.2 Å². The molecule has 4 nitrogen and oxygen atoms in total. The molecule has 2 rings (SSSR count). The topological polar surface area (TPSA) is 64.4 Å². The van der Waals surface area contributed by atoms with Crippen LogP contribution >= 0.6 is 0 Å². The quantitative estimate of drug-likeness (QED) is 0.822. The standard InChI is InChI=1S/C13H15F3N2O2/c1-12(5-2-6-20-12)11(19)18-10-4-3-8(7-9(10)17)13(14,15)16/h3-4,7H,2,5-6,17H2,1H3,(H,18,19). The number of nitrogens with one attached hydrogen (secondary N) is 1. The number of halogens is 3. The third-order valence-electron chi connectivity index (χ3n) is 3.33. The summed E-state index contributed by atoms with van der Waals surface area (Å²) in [6, 6.07) is 2.83. The van der Waals surface area contributed by atoms with Gasteiger partial charge in [-0.15, -0.1) is 0 Å². The van der Waals surface area contributed by atoms with Crippen LogP contribution in [-0.2, 0) is 15.7 Å². The van der Waals surface area contributed by atoms with E-state index in [-0.39, 0.29) is 11.4 Å². The minimum atomic E-state index is -4.46. The summed E-state index contributed by atoms with van der Waals surface area (Å²) in [6.45, 7) is 2.14.